The van der Waals surface area contributed by atoms with E-state index < -0.39 is 16.1 Å². The van der Waals surface area contributed by atoms with Gasteiger partial charge in [-0.05, 0) is 73.9 Å². The first kappa shape index (κ1) is 25.6. The van der Waals surface area contributed by atoms with Crippen LogP contribution in [0.4, 0.5) is 5.13 Å². The van der Waals surface area contributed by atoms with E-state index in [1.54, 1.807) is 23.4 Å². The molecular weight excluding hydrogens is 532 g/mol. The standard InChI is InChI=1S/C26H25ClN4O4S2/c1-2-35-20-9-12-22-24(15-20)36-26(29-22)30(17-18-5-3-13-28-16-18)25(32)23-6-4-14-31(23)37(33,34)21-10-7-19(27)8-11-21/h3,5,7-13,15-16,23H,2,4,6,14,17H2,1H3. The van der Waals surface area contributed by atoms with Gasteiger partial charge in [-0.3, -0.25) is 14.7 Å². The molecule has 4 aromatic rings. The zero-order valence-electron chi connectivity index (χ0n) is 20.1. The number of ether oxygens (including phenoxy) is 1. The Morgan fingerprint density at radius 3 is 2.76 bits per heavy atom. The number of halogens is 1. The van der Waals surface area contributed by atoms with Gasteiger partial charge in [-0.25, -0.2) is 13.4 Å². The average molecular weight is 557 g/mol. The summed E-state index contributed by atoms with van der Waals surface area (Å²) in [5.41, 5.74) is 1.56. The molecule has 37 heavy (non-hydrogen) atoms. The molecule has 1 fully saturated rings. The molecule has 1 saturated heterocycles. The Hall–Kier alpha value is -3.05. The van der Waals surface area contributed by atoms with Crippen LogP contribution in [-0.2, 0) is 21.4 Å². The average Bonchev–Trinajstić information content (AvgIpc) is 3.56. The first-order valence-corrected chi connectivity index (χ1v) is 14.5. The minimum atomic E-state index is -3.89. The molecule has 192 valence electrons. The van der Waals surface area contributed by atoms with Crippen LogP contribution in [0.5, 0.6) is 5.75 Å². The van der Waals surface area contributed by atoms with Gasteiger partial charge in [0.25, 0.3) is 0 Å². The molecular formula is C26H25ClN4O4S2. The molecule has 5 rings (SSSR count). The summed E-state index contributed by atoms with van der Waals surface area (Å²) in [6.07, 6.45) is 4.37. The number of aromatic nitrogens is 2. The summed E-state index contributed by atoms with van der Waals surface area (Å²) in [5.74, 6) is 0.411. The fourth-order valence-corrected chi connectivity index (χ4v) is 7.15. The van der Waals surface area contributed by atoms with Gasteiger partial charge in [0.1, 0.15) is 11.8 Å². The van der Waals surface area contributed by atoms with Crippen LogP contribution >= 0.6 is 22.9 Å². The molecule has 1 unspecified atom stereocenters. The molecule has 1 atom stereocenters. The third kappa shape index (κ3) is 5.33. The molecule has 0 bridgehead atoms. The first-order chi connectivity index (χ1) is 17.9. The Morgan fingerprint density at radius 1 is 1.22 bits per heavy atom. The normalized spacial score (nSPS) is 16.2. The molecule has 11 heteroatoms. The molecule has 1 aliphatic rings. The van der Waals surface area contributed by atoms with Crippen molar-refractivity contribution in [2.24, 2.45) is 0 Å². The number of nitrogens with zero attached hydrogens (tertiary/aromatic N) is 4. The minimum absolute atomic E-state index is 0.110. The SMILES string of the molecule is CCOc1ccc2nc(N(Cc3cccnc3)C(=O)C3CCCN3S(=O)(=O)c3ccc(Cl)cc3)sc2c1. The molecule has 0 saturated carbocycles. The van der Waals surface area contributed by atoms with Gasteiger partial charge in [-0.15, -0.1) is 0 Å². The van der Waals surface area contributed by atoms with Crippen molar-refractivity contribution >= 4 is 54.2 Å². The lowest BCUT2D eigenvalue weighted by molar-refractivity contribution is -0.121. The maximum Gasteiger partial charge on any atom is 0.247 e. The number of fused-ring (bicyclic) bond motifs is 1. The van der Waals surface area contributed by atoms with Crippen molar-refractivity contribution in [1.82, 2.24) is 14.3 Å². The van der Waals surface area contributed by atoms with Crippen LogP contribution in [0.2, 0.25) is 5.02 Å². The molecule has 0 aliphatic carbocycles. The quantitative estimate of drug-likeness (QED) is 0.299. The van der Waals surface area contributed by atoms with E-state index in [1.165, 1.54) is 39.9 Å². The lowest BCUT2D eigenvalue weighted by Gasteiger charge is -2.28. The second-order valence-corrected chi connectivity index (χ2v) is 11.9. The van der Waals surface area contributed by atoms with Gasteiger partial charge in [-0.1, -0.05) is 29.0 Å². The van der Waals surface area contributed by atoms with Crippen LogP contribution in [0, 0.1) is 0 Å². The van der Waals surface area contributed by atoms with E-state index >= 15 is 0 Å². The van der Waals surface area contributed by atoms with Crippen molar-refractivity contribution in [3.8, 4) is 5.75 Å². The third-order valence-electron chi connectivity index (χ3n) is 6.13. The smallest absolute Gasteiger partial charge is 0.247 e. The summed E-state index contributed by atoms with van der Waals surface area (Å²) in [6.45, 7) is 2.94. The number of rotatable bonds is 8. The highest BCUT2D eigenvalue weighted by atomic mass is 35.5. The van der Waals surface area contributed by atoms with E-state index in [1.807, 2.05) is 31.2 Å². The second kappa shape index (κ2) is 10.7. The molecule has 2 aromatic heterocycles. The third-order valence-corrected chi connectivity index (χ3v) is 9.34. The number of hydrogen-bond acceptors (Lipinski definition) is 7. The van der Waals surface area contributed by atoms with Crippen molar-refractivity contribution in [2.45, 2.75) is 37.2 Å². The zero-order valence-corrected chi connectivity index (χ0v) is 22.5. The highest BCUT2D eigenvalue weighted by Gasteiger charge is 2.42. The summed E-state index contributed by atoms with van der Waals surface area (Å²) < 4.78 is 34.8. The van der Waals surface area contributed by atoms with E-state index in [2.05, 4.69) is 4.98 Å². The Bertz CT molecular complexity index is 1510. The van der Waals surface area contributed by atoms with Crippen molar-refractivity contribution in [2.75, 3.05) is 18.1 Å². The molecule has 0 N–H and O–H groups in total. The fraction of sp³-hybridized carbons (Fsp3) is 0.269. The van der Waals surface area contributed by atoms with E-state index in [9.17, 15) is 13.2 Å². The molecule has 0 spiro atoms. The van der Waals surface area contributed by atoms with Crippen LogP contribution in [0.15, 0.2) is 71.9 Å². The second-order valence-electron chi connectivity index (χ2n) is 8.57. The predicted octanol–water partition coefficient (Wildman–Crippen LogP) is 5.13. The van der Waals surface area contributed by atoms with Gasteiger partial charge in [0.15, 0.2) is 5.13 Å². The number of sulfonamides is 1. The first-order valence-electron chi connectivity index (χ1n) is 11.9. The number of pyridine rings is 1. The zero-order chi connectivity index (χ0) is 26.0. The molecule has 2 aromatic carbocycles. The number of carbonyl (C=O) groups is 1. The van der Waals surface area contributed by atoms with Crippen molar-refractivity contribution in [1.29, 1.82) is 0 Å². The molecule has 3 heterocycles. The monoisotopic (exact) mass is 556 g/mol. The van der Waals surface area contributed by atoms with Crippen molar-refractivity contribution < 1.29 is 17.9 Å². The Kier molecular flexibility index (Phi) is 7.43. The van der Waals surface area contributed by atoms with E-state index in [0.717, 1.165) is 21.5 Å². The largest absolute Gasteiger partial charge is 0.494 e. The Morgan fingerprint density at radius 2 is 2.03 bits per heavy atom. The fourth-order valence-electron chi connectivity index (χ4n) is 4.38. The summed E-state index contributed by atoms with van der Waals surface area (Å²) in [6, 6.07) is 14.5. The van der Waals surface area contributed by atoms with Gasteiger partial charge in [0, 0.05) is 24.0 Å². The van der Waals surface area contributed by atoms with Gasteiger partial charge in [-0.2, -0.15) is 4.31 Å². The molecule has 1 amide bonds. The van der Waals surface area contributed by atoms with Crippen LogP contribution in [0.25, 0.3) is 10.2 Å². The minimum Gasteiger partial charge on any atom is -0.494 e. The summed E-state index contributed by atoms with van der Waals surface area (Å²) in [4.78, 5) is 24.6. The number of carbonyl (C=O) groups excluding carboxylic acids is 1. The number of amides is 1. The molecule has 1 aliphatic heterocycles. The Balaban J connectivity index is 1.51. The van der Waals surface area contributed by atoms with Gasteiger partial charge in [0.2, 0.25) is 15.9 Å². The summed E-state index contributed by atoms with van der Waals surface area (Å²) >= 11 is 7.33. The maximum absolute atomic E-state index is 14.1. The maximum atomic E-state index is 14.1. The molecule has 0 radical (unpaired) electrons. The number of anilines is 1. The van der Waals surface area contributed by atoms with Gasteiger partial charge in [0.05, 0.1) is 28.3 Å². The van der Waals surface area contributed by atoms with E-state index in [0.29, 0.717) is 29.6 Å². The van der Waals surface area contributed by atoms with Gasteiger partial charge < -0.3 is 4.74 Å². The van der Waals surface area contributed by atoms with E-state index in [4.69, 9.17) is 21.3 Å². The van der Waals surface area contributed by atoms with Crippen LogP contribution in [0.1, 0.15) is 25.3 Å². The van der Waals surface area contributed by atoms with Crippen LogP contribution < -0.4 is 9.64 Å². The number of benzene rings is 2. The van der Waals surface area contributed by atoms with Gasteiger partial charge >= 0.3 is 0 Å². The lowest BCUT2D eigenvalue weighted by Crippen LogP contribution is -2.47. The summed E-state index contributed by atoms with van der Waals surface area (Å²) in [7, 11) is -3.89. The van der Waals surface area contributed by atoms with Crippen LogP contribution in [-0.4, -0.2) is 47.8 Å². The topological polar surface area (TPSA) is 92.7 Å². The van der Waals surface area contributed by atoms with Crippen molar-refractivity contribution in [3.05, 3.63) is 77.6 Å². The number of hydrogen-bond donors (Lipinski definition) is 0. The number of thiazole rings is 1. The lowest BCUT2D eigenvalue weighted by atomic mass is 10.2. The highest BCUT2D eigenvalue weighted by molar-refractivity contribution is 7.89. The summed E-state index contributed by atoms with van der Waals surface area (Å²) in [5, 5.41) is 0.937. The Labute approximate surface area is 224 Å². The molecule has 8 nitrogen and oxygen atoms in total. The van der Waals surface area contributed by atoms with Crippen molar-refractivity contribution in [3.63, 3.8) is 0 Å². The van der Waals surface area contributed by atoms with Crippen LogP contribution in [0.3, 0.4) is 0 Å². The predicted molar refractivity (Wildman–Crippen MR) is 145 cm³/mol. The highest BCUT2D eigenvalue weighted by Crippen LogP contribution is 2.35. The van der Waals surface area contributed by atoms with E-state index in [-0.39, 0.29) is 23.9 Å².